The van der Waals surface area contributed by atoms with Gasteiger partial charge in [0.25, 0.3) is 0 Å². The average Bonchev–Trinajstić information content (AvgIpc) is 3.30. The number of hydrogen-bond donors (Lipinski definition) is 2. The molecular weight excluding hydrogens is 647 g/mol. The highest BCUT2D eigenvalue weighted by Crippen LogP contribution is 2.62. The summed E-state index contributed by atoms with van der Waals surface area (Å²) in [5, 5.41) is 24.0. The monoisotopic (exact) mass is 703 g/mol. The maximum absolute atomic E-state index is 14.4. The van der Waals surface area contributed by atoms with Gasteiger partial charge in [-0.3, -0.25) is 4.79 Å². The molecule has 0 radical (unpaired) electrons. The Labute approximate surface area is 299 Å². The molecule has 2 aromatic carbocycles. The molecular formula is C42H57NO6S. The van der Waals surface area contributed by atoms with E-state index in [-0.39, 0.29) is 23.7 Å². The van der Waals surface area contributed by atoms with Crippen LogP contribution < -0.4 is 4.74 Å². The number of fused-ring (bicyclic) bond motifs is 8. The third-order valence-corrected chi connectivity index (χ3v) is 15.0. The van der Waals surface area contributed by atoms with Gasteiger partial charge in [-0.1, -0.05) is 30.7 Å². The quantitative estimate of drug-likeness (QED) is 0.219. The number of carbonyl (C=O) groups excluding carboxylic acids is 1. The molecule has 0 amide bonds. The topological polar surface area (TPSA) is 104 Å². The Morgan fingerprint density at radius 1 is 0.960 bits per heavy atom. The summed E-state index contributed by atoms with van der Waals surface area (Å²) in [4.78, 5) is 14.4. The van der Waals surface area contributed by atoms with Crippen molar-refractivity contribution < 1.29 is 28.2 Å². The van der Waals surface area contributed by atoms with Crippen molar-refractivity contribution in [2.45, 2.75) is 115 Å². The molecule has 0 saturated heterocycles. The van der Waals surface area contributed by atoms with Crippen LogP contribution in [0.2, 0.25) is 0 Å². The van der Waals surface area contributed by atoms with Crippen LogP contribution >= 0.6 is 0 Å². The number of allylic oxidation sites excluding steroid dienone is 2. The predicted octanol–water partition coefficient (Wildman–Crippen LogP) is 7.44. The molecule has 7 aliphatic carbocycles. The lowest BCUT2D eigenvalue weighted by Crippen LogP contribution is -2.57. The summed E-state index contributed by atoms with van der Waals surface area (Å²) in [6, 6.07) is 13.2. The van der Waals surface area contributed by atoms with Crippen molar-refractivity contribution in [3.8, 4) is 5.75 Å². The Hall–Kier alpha value is -2.52. The van der Waals surface area contributed by atoms with Crippen LogP contribution in [0.5, 0.6) is 5.75 Å². The number of aliphatic hydroxyl groups is 2. The fourth-order valence-corrected chi connectivity index (χ4v) is 12.5. The van der Waals surface area contributed by atoms with Gasteiger partial charge in [-0.25, -0.2) is 8.42 Å². The molecule has 0 aromatic heterocycles. The molecule has 2 N–H and O–H groups in total. The Morgan fingerprint density at radius 3 is 2.24 bits per heavy atom. The molecule has 7 nitrogen and oxygen atoms in total. The fourth-order valence-electron chi connectivity index (χ4n) is 11.5. The molecule has 0 unspecified atom stereocenters. The largest absolute Gasteiger partial charge is 0.497 e. The van der Waals surface area contributed by atoms with E-state index < -0.39 is 27.1 Å². The van der Waals surface area contributed by atoms with Crippen LogP contribution in [0.25, 0.3) is 0 Å². The van der Waals surface area contributed by atoms with Crippen molar-refractivity contribution in [1.29, 1.82) is 0 Å². The maximum atomic E-state index is 14.4. The minimum atomic E-state index is -3.60. The third kappa shape index (κ3) is 6.87. The number of aliphatic hydroxyl groups excluding tert-OH is 1. The first-order valence-electron chi connectivity index (χ1n) is 19.0. The minimum absolute atomic E-state index is 0.00849. The van der Waals surface area contributed by atoms with Gasteiger partial charge in [0.1, 0.15) is 5.75 Å². The zero-order valence-electron chi connectivity index (χ0n) is 30.5. The van der Waals surface area contributed by atoms with E-state index in [1.807, 2.05) is 18.2 Å². The molecule has 7 aliphatic rings. The maximum Gasteiger partial charge on any atom is 0.211 e. The smallest absolute Gasteiger partial charge is 0.211 e. The van der Waals surface area contributed by atoms with Gasteiger partial charge in [0, 0.05) is 29.6 Å². The lowest BCUT2D eigenvalue weighted by molar-refractivity contribution is -0.0919. The molecule has 8 heteroatoms. The highest BCUT2D eigenvalue weighted by Gasteiger charge is 2.59. The zero-order chi connectivity index (χ0) is 35.5. The van der Waals surface area contributed by atoms with E-state index >= 15 is 0 Å². The standard InChI is InChI=1S/C42H57NO6S/c1-28-6-5-16-40(2)38(36-14-8-29(21-34(44)11-7-28)22-37(36)39(45)33-9-12-35(49-3)13-10-33)15-17-42(40,46)27-43(50(4,47)48)26-41-23-30-18-31(24-41)20-32(19-30)25-41/h6,8-10,12-14,22,30-32,34,38,44,46H,5,7,11,15-21,23-27H2,1-4H3/t30?,31?,32?,34-,38-,40-,41?,42+/m0/s1. The first-order chi connectivity index (χ1) is 23.7. The average molecular weight is 704 g/mol. The van der Waals surface area contributed by atoms with E-state index in [2.05, 4.69) is 19.9 Å². The number of ketones is 1. The van der Waals surface area contributed by atoms with E-state index in [4.69, 9.17) is 4.74 Å². The summed E-state index contributed by atoms with van der Waals surface area (Å²) < 4.78 is 34.4. The highest BCUT2D eigenvalue weighted by atomic mass is 32.2. The molecule has 5 saturated carbocycles. The van der Waals surface area contributed by atoms with Crippen LogP contribution in [0.4, 0.5) is 0 Å². The first-order valence-corrected chi connectivity index (χ1v) is 20.9. The van der Waals surface area contributed by atoms with Crippen LogP contribution in [0.1, 0.15) is 124 Å². The van der Waals surface area contributed by atoms with Crippen molar-refractivity contribution in [1.82, 2.24) is 4.31 Å². The van der Waals surface area contributed by atoms with Gasteiger partial charge in [-0.2, -0.15) is 4.31 Å². The van der Waals surface area contributed by atoms with E-state index in [9.17, 15) is 23.4 Å². The second-order valence-corrected chi connectivity index (χ2v) is 19.4. The van der Waals surface area contributed by atoms with Crippen molar-refractivity contribution in [3.05, 3.63) is 76.4 Å². The lowest BCUT2D eigenvalue weighted by atomic mass is 9.49. The number of rotatable bonds is 8. The zero-order valence-corrected chi connectivity index (χ0v) is 31.3. The van der Waals surface area contributed by atoms with E-state index in [1.165, 1.54) is 31.1 Å². The van der Waals surface area contributed by atoms with E-state index in [0.29, 0.717) is 73.3 Å². The molecule has 0 heterocycles. The summed E-state index contributed by atoms with van der Waals surface area (Å²) >= 11 is 0. The van der Waals surface area contributed by atoms with Crippen molar-refractivity contribution in [2.24, 2.45) is 28.6 Å². The molecule has 50 heavy (non-hydrogen) atoms. The number of methoxy groups -OCH3 is 1. The van der Waals surface area contributed by atoms with Crippen LogP contribution in [0.15, 0.2) is 54.1 Å². The van der Waals surface area contributed by atoms with E-state index in [1.54, 1.807) is 35.7 Å². The van der Waals surface area contributed by atoms with Crippen molar-refractivity contribution >= 4 is 15.8 Å². The summed E-state index contributed by atoms with van der Waals surface area (Å²) in [6.07, 6.45) is 14.6. The summed E-state index contributed by atoms with van der Waals surface area (Å²) in [5.74, 6) is 2.53. The molecule has 0 aliphatic heterocycles. The van der Waals surface area contributed by atoms with Gasteiger partial charge in [-0.15, -0.1) is 0 Å². The van der Waals surface area contributed by atoms with Crippen molar-refractivity contribution in [2.75, 3.05) is 26.5 Å². The summed E-state index contributed by atoms with van der Waals surface area (Å²) in [5.41, 5.74) is 2.19. The van der Waals surface area contributed by atoms with Gasteiger partial charge >= 0.3 is 0 Å². The Bertz CT molecular complexity index is 1700. The van der Waals surface area contributed by atoms with Crippen LogP contribution in [-0.2, 0) is 16.4 Å². The number of hydrogen-bond acceptors (Lipinski definition) is 6. The Kier molecular flexibility index (Phi) is 9.66. The Morgan fingerprint density at radius 2 is 1.62 bits per heavy atom. The predicted molar refractivity (Wildman–Crippen MR) is 197 cm³/mol. The minimum Gasteiger partial charge on any atom is -0.497 e. The normalized spacial score (nSPS) is 35.5. The molecule has 5 fully saturated rings. The third-order valence-electron chi connectivity index (χ3n) is 13.9. The fraction of sp³-hybridized carbons (Fsp3) is 0.643. The van der Waals surface area contributed by atoms with Gasteiger partial charge in [0.05, 0.1) is 25.1 Å². The van der Waals surface area contributed by atoms with E-state index in [0.717, 1.165) is 43.2 Å². The second kappa shape index (κ2) is 13.5. The summed E-state index contributed by atoms with van der Waals surface area (Å²) in [6.45, 7) is 4.82. The number of ether oxygens (including phenoxy) is 1. The van der Waals surface area contributed by atoms with Gasteiger partial charge < -0.3 is 14.9 Å². The first kappa shape index (κ1) is 35.9. The van der Waals surface area contributed by atoms with Crippen molar-refractivity contribution in [3.63, 3.8) is 0 Å². The van der Waals surface area contributed by atoms with Gasteiger partial charge in [0.2, 0.25) is 10.0 Å². The molecule has 2 aromatic rings. The number of sulfonamides is 1. The van der Waals surface area contributed by atoms with Gasteiger partial charge in [0.15, 0.2) is 5.78 Å². The highest BCUT2D eigenvalue weighted by molar-refractivity contribution is 7.88. The molecule has 6 bridgehead atoms. The van der Waals surface area contributed by atoms with Crippen LogP contribution in [0, 0.1) is 28.6 Å². The Balaban J connectivity index is 1.27. The molecule has 272 valence electrons. The molecule has 9 rings (SSSR count). The SMILES string of the molecule is COc1ccc(C(=O)c2cc3ccc2[C@@H]2CC[C@@](O)(CN(CC45CC6CC(CC(C6)C4)C5)S(C)(=O)=O)[C@@]2(C)CCC=C(C)CC[C@H](O)C3)cc1. The number of nitrogens with zero attached hydrogens (tertiary/aromatic N) is 1. The van der Waals surface area contributed by atoms with Gasteiger partial charge in [-0.05, 0) is 161 Å². The summed E-state index contributed by atoms with van der Waals surface area (Å²) in [7, 11) is -2.00. The second-order valence-electron chi connectivity index (χ2n) is 17.5. The molecule has 4 atom stereocenters. The number of carbonyl (C=O) groups is 1. The lowest BCUT2D eigenvalue weighted by Gasteiger charge is -2.58. The number of benzene rings is 2. The van der Waals surface area contributed by atoms with Crippen LogP contribution in [0.3, 0.4) is 0 Å². The molecule has 0 spiro atoms. The van der Waals surface area contributed by atoms with Crippen LogP contribution in [-0.4, -0.2) is 66.9 Å².